The van der Waals surface area contributed by atoms with Crippen LogP contribution in [0.1, 0.15) is 34.7 Å². The van der Waals surface area contributed by atoms with Crippen molar-refractivity contribution in [1.29, 1.82) is 0 Å². The van der Waals surface area contributed by atoms with Crippen LogP contribution in [0.5, 0.6) is 0 Å². The molecule has 3 rings (SSSR count). The molecule has 3 aromatic rings. The van der Waals surface area contributed by atoms with Gasteiger partial charge in [-0.1, -0.05) is 23.7 Å². The molecule has 0 bridgehead atoms. The maximum atomic E-state index is 12.5. The zero-order valence-electron chi connectivity index (χ0n) is 13.8. The average Bonchev–Trinajstić information content (AvgIpc) is 3.20. The van der Waals surface area contributed by atoms with E-state index in [9.17, 15) is 4.79 Å². The van der Waals surface area contributed by atoms with E-state index in [0.29, 0.717) is 5.02 Å². The van der Waals surface area contributed by atoms with Crippen LogP contribution in [0.15, 0.2) is 48.8 Å². The van der Waals surface area contributed by atoms with Crippen molar-refractivity contribution in [3.63, 3.8) is 0 Å². The first kappa shape index (κ1) is 16.3. The number of benzene rings is 1. The van der Waals surface area contributed by atoms with Crippen molar-refractivity contribution in [3.8, 4) is 5.69 Å². The fourth-order valence-electron chi connectivity index (χ4n) is 2.54. The predicted octanol–water partition coefficient (Wildman–Crippen LogP) is 3.66. The summed E-state index contributed by atoms with van der Waals surface area (Å²) in [5.41, 5.74) is 3.08. The first-order valence-corrected chi connectivity index (χ1v) is 8.08. The molecule has 24 heavy (non-hydrogen) atoms. The number of hydrogen-bond acceptors (Lipinski definition) is 2. The highest BCUT2D eigenvalue weighted by Gasteiger charge is 2.20. The Morgan fingerprint density at radius 1 is 1.25 bits per heavy atom. The molecule has 6 heteroatoms. The predicted molar refractivity (Wildman–Crippen MR) is 94.6 cm³/mol. The van der Waals surface area contributed by atoms with Gasteiger partial charge in [-0.15, -0.1) is 0 Å². The quantitative estimate of drug-likeness (QED) is 0.786. The summed E-state index contributed by atoms with van der Waals surface area (Å²) in [6.07, 6.45) is 3.97. The summed E-state index contributed by atoms with van der Waals surface area (Å²) in [6, 6.07) is 11.8. The van der Waals surface area contributed by atoms with Crippen LogP contribution in [0.3, 0.4) is 0 Å². The zero-order chi connectivity index (χ0) is 17.3. The molecule has 0 saturated carbocycles. The first-order valence-electron chi connectivity index (χ1n) is 7.70. The van der Waals surface area contributed by atoms with Crippen molar-refractivity contribution in [2.24, 2.45) is 7.05 Å². The summed E-state index contributed by atoms with van der Waals surface area (Å²) >= 11 is 6.18. The Balaban J connectivity index is 1.80. The van der Waals surface area contributed by atoms with E-state index >= 15 is 0 Å². The molecule has 0 saturated heterocycles. The van der Waals surface area contributed by atoms with Gasteiger partial charge in [0.05, 0.1) is 16.8 Å². The van der Waals surface area contributed by atoms with E-state index in [-0.39, 0.29) is 17.6 Å². The van der Waals surface area contributed by atoms with Crippen LogP contribution >= 0.6 is 11.6 Å². The monoisotopic (exact) mass is 342 g/mol. The third kappa shape index (κ3) is 3.08. The molecule has 2 aromatic heterocycles. The van der Waals surface area contributed by atoms with Gasteiger partial charge >= 0.3 is 0 Å². The second-order valence-electron chi connectivity index (χ2n) is 5.75. The lowest BCUT2D eigenvalue weighted by Crippen LogP contribution is -2.27. The summed E-state index contributed by atoms with van der Waals surface area (Å²) in [7, 11) is 1.77. The summed E-state index contributed by atoms with van der Waals surface area (Å²) < 4.78 is 3.63. The SMILES string of the molecule is Cc1c(Cl)c(C(=O)NC(C)c2cccc(-n3cccc3)c2)nn1C. The molecule has 0 spiro atoms. The van der Waals surface area contributed by atoms with Gasteiger partial charge in [-0.05, 0) is 43.7 Å². The van der Waals surface area contributed by atoms with E-state index in [1.165, 1.54) is 0 Å². The fourth-order valence-corrected chi connectivity index (χ4v) is 2.78. The molecule has 1 atom stereocenters. The van der Waals surface area contributed by atoms with Crippen LogP contribution in [-0.2, 0) is 7.05 Å². The van der Waals surface area contributed by atoms with E-state index in [0.717, 1.165) is 16.9 Å². The Morgan fingerprint density at radius 3 is 2.58 bits per heavy atom. The Labute approximate surface area is 145 Å². The van der Waals surface area contributed by atoms with Gasteiger partial charge in [0.1, 0.15) is 0 Å². The molecule has 0 aliphatic rings. The summed E-state index contributed by atoms with van der Waals surface area (Å²) in [5, 5.41) is 7.53. The summed E-state index contributed by atoms with van der Waals surface area (Å²) in [4.78, 5) is 12.5. The largest absolute Gasteiger partial charge is 0.344 e. The molecule has 0 fully saturated rings. The molecule has 1 aromatic carbocycles. The van der Waals surface area contributed by atoms with Crippen LogP contribution in [0.2, 0.25) is 5.02 Å². The Bertz CT molecular complexity index is 867. The number of rotatable bonds is 4. The molecule has 1 amide bonds. The van der Waals surface area contributed by atoms with Crippen LogP contribution in [-0.4, -0.2) is 20.3 Å². The average molecular weight is 343 g/mol. The molecule has 0 aliphatic heterocycles. The highest BCUT2D eigenvalue weighted by Crippen LogP contribution is 2.21. The third-order valence-corrected chi connectivity index (χ3v) is 4.55. The number of halogens is 1. The van der Waals surface area contributed by atoms with Crippen molar-refractivity contribution in [2.45, 2.75) is 19.9 Å². The number of carbonyl (C=O) groups excluding carboxylic acids is 1. The highest BCUT2D eigenvalue weighted by molar-refractivity contribution is 6.34. The Morgan fingerprint density at radius 2 is 1.96 bits per heavy atom. The molecular formula is C18H19ClN4O. The molecule has 1 unspecified atom stereocenters. The third-order valence-electron chi connectivity index (χ3n) is 4.10. The van der Waals surface area contributed by atoms with Crippen molar-refractivity contribution in [3.05, 3.63) is 70.8 Å². The normalized spacial score (nSPS) is 12.2. The lowest BCUT2D eigenvalue weighted by atomic mass is 10.1. The minimum atomic E-state index is -0.275. The molecule has 0 radical (unpaired) electrons. The van der Waals surface area contributed by atoms with E-state index in [4.69, 9.17) is 11.6 Å². The number of hydrogen-bond donors (Lipinski definition) is 1. The zero-order valence-corrected chi connectivity index (χ0v) is 14.6. The van der Waals surface area contributed by atoms with Gasteiger partial charge in [-0.2, -0.15) is 5.10 Å². The van der Waals surface area contributed by atoms with E-state index in [1.54, 1.807) is 11.7 Å². The van der Waals surface area contributed by atoms with Gasteiger partial charge in [0.2, 0.25) is 0 Å². The maximum absolute atomic E-state index is 12.5. The number of amides is 1. The molecule has 124 valence electrons. The van der Waals surface area contributed by atoms with Crippen LogP contribution < -0.4 is 5.32 Å². The smallest absolute Gasteiger partial charge is 0.273 e. The van der Waals surface area contributed by atoms with Gasteiger partial charge < -0.3 is 9.88 Å². The molecule has 1 N–H and O–H groups in total. The van der Waals surface area contributed by atoms with Gasteiger partial charge in [0, 0.05) is 25.1 Å². The van der Waals surface area contributed by atoms with E-state index < -0.39 is 0 Å². The number of aryl methyl sites for hydroxylation is 1. The van der Waals surface area contributed by atoms with Crippen molar-refractivity contribution in [1.82, 2.24) is 19.7 Å². The highest BCUT2D eigenvalue weighted by atomic mass is 35.5. The van der Waals surface area contributed by atoms with Crippen molar-refractivity contribution < 1.29 is 4.79 Å². The number of carbonyl (C=O) groups is 1. The summed E-state index contributed by atoms with van der Waals surface area (Å²) in [5.74, 6) is -0.275. The topological polar surface area (TPSA) is 51.9 Å². The second-order valence-corrected chi connectivity index (χ2v) is 6.13. The standard InChI is InChI=1S/C18H19ClN4O/c1-12(20-18(24)17-16(19)13(2)22(3)21-17)14-7-6-8-15(11-14)23-9-4-5-10-23/h4-12H,1-3H3,(H,20,24). The van der Waals surface area contributed by atoms with Crippen LogP contribution in [0.25, 0.3) is 5.69 Å². The van der Waals surface area contributed by atoms with E-state index in [1.807, 2.05) is 61.1 Å². The van der Waals surface area contributed by atoms with Crippen LogP contribution in [0, 0.1) is 6.92 Å². The molecule has 2 heterocycles. The van der Waals surface area contributed by atoms with Crippen molar-refractivity contribution >= 4 is 17.5 Å². The minimum absolute atomic E-state index is 0.161. The summed E-state index contributed by atoms with van der Waals surface area (Å²) in [6.45, 7) is 3.77. The number of nitrogens with one attached hydrogen (secondary N) is 1. The molecular weight excluding hydrogens is 324 g/mol. The lowest BCUT2D eigenvalue weighted by Gasteiger charge is -2.15. The van der Waals surface area contributed by atoms with Gasteiger partial charge in [0.25, 0.3) is 5.91 Å². The number of nitrogens with zero attached hydrogens (tertiary/aromatic N) is 3. The van der Waals surface area contributed by atoms with Crippen molar-refractivity contribution in [2.75, 3.05) is 0 Å². The first-order chi connectivity index (χ1) is 11.5. The second kappa shape index (κ2) is 6.53. The number of aromatic nitrogens is 3. The van der Waals surface area contributed by atoms with Crippen LogP contribution in [0.4, 0.5) is 0 Å². The van der Waals surface area contributed by atoms with E-state index in [2.05, 4.69) is 16.5 Å². The van der Waals surface area contributed by atoms with Gasteiger partial charge in [-0.25, -0.2) is 0 Å². The lowest BCUT2D eigenvalue weighted by molar-refractivity contribution is 0.0934. The Hall–Kier alpha value is -2.53. The van der Waals surface area contributed by atoms with Gasteiger partial charge in [-0.3, -0.25) is 9.48 Å². The molecule has 0 aliphatic carbocycles. The minimum Gasteiger partial charge on any atom is -0.344 e. The fraction of sp³-hybridized carbons (Fsp3) is 0.222. The molecule has 5 nitrogen and oxygen atoms in total. The van der Waals surface area contributed by atoms with Gasteiger partial charge in [0.15, 0.2) is 5.69 Å². The Kier molecular flexibility index (Phi) is 4.44. The maximum Gasteiger partial charge on any atom is 0.273 e.